The van der Waals surface area contributed by atoms with Gasteiger partial charge in [-0.1, -0.05) is 51.9 Å². The summed E-state index contributed by atoms with van der Waals surface area (Å²) in [7, 11) is 1.40. The number of hydrogen-bond acceptors (Lipinski definition) is 5. The Morgan fingerprint density at radius 1 is 0.833 bits per heavy atom. The van der Waals surface area contributed by atoms with E-state index in [1.54, 1.807) is 0 Å². The van der Waals surface area contributed by atoms with Gasteiger partial charge in [0, 0.05) is 12.8 Å². The third kappa shape index (κ3) is 13.5. The predicted molar refractivity (Wildman–Crippen MR) is 94.7 cm³/mol. The van der Waals surface area contributed by atoms with Gasteiger partial charge in [0.25, 0.3) is 0 Å². The molecule has 0 rings (SSSR count). The first-order valence-corrected chi connectivity index (χ1v) is 9.46. The van der Waals surface area contributed by atoms with Gasteiger partial charge in [0.05, 0.1) is 13.2 Å². The highest BCUT2D eigenvalue weighted by molar-refractivity contribution is 5.82. The number of aliphatic hydroxyl groups is 2. The van der Waals surface area contributed by atoms with Crippen LogP contribution in [0.4, 0.5) is 0 Å². The second kappa shape index (κ2) is 15.6. The van der Waals surface area contributed by atoms with Crippen molar-refractivity contribution in [2.75, 3.05) is 7.11 Å². The Kier molecular flexibility index (Phi) is 15.0. The lowest BCUT2D eigenvalue weighted by molar-refractivity contribution is -0.140. The molecule has 2 atom stereocenters. The fraction of sp³-hybridized carbons (Fsp3) is 0.895. The standard InChI is InChI=1S/C19H36O5/c1-3-4-8-12-17(21)18(22)15-14-16(20)11-9-6-5-7-10-13-19(23)24-2/h16-17,20-21H,3-15H2,1-2H3. The van der Waals surface area contributed by atoms with Crippen LogP contribution < -0.4 is 0 Å². The Hall–Kier alpha value is -0.940. The Morgan fingerprint density at radius 2 is 1.46 bits per heavy atom. The van der Waals surface area contributed by atoms with E-state index in [1.165, 1.54) is 7.11 Å². The van der Waals surface area contributed by atoms with Crippen molar-refractivity contribution in [2.45, 2.75) is 103 Å². The fourth-order valence-electron chi connectivity index (χ4n) is 2.65. The number of Topliss-reactive ketones (excluding diaryl/α,β-unsaturated/α-hetero) is 1. The number of rotatable bonds is 16. The van der Waals surface area contributed by atoms with Crippen molar-refractivity contribution >= 4 is 11.8 Å². The van der Waals surface area contributed by atoms with Crippen LogP contribution in [0.2, 0.25) is 0 Å². The van der Waals surface area contributed by atoms with E-state index in [2.05, 4.69) is 11.7 Å². The summed E-state index contributed by atoms with van der Waals surface area (Å²) in [5.74, 6) is -0.306. The highest BCUT2D eigenvalue weighted by Gasteiger charge is 2.16. The molecule has 0 saturated carbocycles. The van der Waals surface area contributed by atoms with Crippen molar-refractivity contribution in [1.82, 2.24) is 0 Å². The molecule has 0 aromatic heterocycles. The van der Waals surface area contributed by atoms with Crippen LogP contribution in [0.25, 0.3) is 0 Å². The first-order valence-electron chi connectivity index (χ1n) is 9.46. The topological polar surface area (TPSA) is 83.8 Å². The van der Waals surface area contributed by atoms with Gasteiger partial charge in [-0.2, -0.15) is 0 Å². The minimum Gasteiger partial charge on any atom is -0.469 e. The van der Waals surface area contributed by atoms with Crippen molar-refractivity contribution < 1.29 is 24.5 Å². The molecule has 0 amide bonds. The summed E-state index contributed by atoms with van der Waals surface area (Å²) in [4.78, 5) is 22.7. The molecule has 0 aliphatic rings. The maximum Gasteiger partial charge on any atom is 0.305 e. The molecule has 0 aromatic rings. The van der Waals surface area contributed by atoms with Crippen LogP contribution in [0.3, 0.4) is 0 Å². The Balaban J connectivity index is 3.53. The minimum absolute atomic E-state index is 0.145. The molecule has 0 aromatic carbocycles. The van der Waals surface area contributed by atoms with E-state index in [-0.39, 0.29) is 18.2 Å². The zero-order chi connectivity index (χ0) is 18.2. The largest absolute Gasteiger partial charge is 0.469 e. The summed E-state index contributed by atoms with van der Waals surface area (Å²) < 4.78 is 4.58. The van der Waals surface area contributed by atoms with Crippen molar-refractivity contribution in [2.24, 2.45) is 0 Å². The molecule has 0 bridgehead atoms. The Bertz CT molecular complexity index is 330. The average molecular weight is 344 g/mol. The number of ether oxygens (including phenoxy) is 1. The molecule has 5 nitrogen and oxygen atoms in total. The van der Waals surface area contributed by atoms with Gasteiger partial charge < -0.3 is 14.9 Å². The van der Waals surface area contributed by atoms with Crippen LogP contribution in [-0.2, 0) is 14.3 Å². The van der Waals surface area contributed by atoms with E-state index in [1.807, 2.05) is 0 Å². The number of carbonyl (C=O) groups excluding carboxylic acids is 2. The number of methoxy groups -OCH3 is 1. The first kappa shape index (κ1) is 23.1. The zero-order valence-electron chi connectivity index (χ0n) is 15.5. The van der Waals surface area contributed by atoms with Crippen LogP contribution >= 0.6 is 0 Å². The number of aliphatic hydroxyl groups excluding tert-OH is 2. The normalized spacial score (nSPS) is 13.5. The van der Waals surface area contributed by atoms with E-state index in [0.29, 0.717) is 25.7 Å². The van der Waals surface area contributed by atoms with Gasteiger partial charge in [-0.25, -0.2) is 0 Å². The van der Waals surface area contributed by atoms with Gasteiger partial charge in [0.15, 0.2) is 5.78 Å². The van der Waals surface area contributed by atoms with Crippen LogP contribution in [0.1, 0.15) is 90.4 Å². The number of carbonyl (C=O) groups is 2. The summed E-state index contributed by atoms with van der Waals surface area (Å²) >= 11 is 0. The summed E-state index contributed by atoms with van der Waals surface area (Å²) in [5.41, 5.74) is 0. The molecule has 0 radical (unpaired) electrons. The molecular weight excluding hydrogens is 308 g/mol. The predicted octanol–water partition coefficient (Wildman–Crippen LogP) is 3.54. The number of ketones is 1. The van der Waals surface area contributed by atoms with E-state index in [4.69, 9.17) is 0 Å². The smallest absolute Gasteiger partial charge is 0.305 e. The number of unbranched alkanes of at least 4 members (excludes halogenated alkanes) is 6. The molecule has 142 valence electrons. The van der Waals surface area contributed by atoms with Crippen molar-refractivity contribution in [1.29, 1.82) is 0 Å². The monoisotopic (exact) mass is 344 g/mol. The lowest BCUT2D eigenvalue weighted by Crippen LogP contribution is -2.21. The molecule has 0 spiro atoms. The van der Waals surface area contributed by atoms with Gasteiger partial charge in [0.2, 0.25) is 0 Å². The van der Waals surface area contributed by atoms with E-state index in [9.17, 15) is 19.8 Å². The third-order valence-corrected chi connectivity index (χ3v) is 4.32. The SMILES string of the molecule is CCCCCC(O)C(=O)CCC(O)CCCCCCCC(=O)OC. The fourth-order valence-corrected chi connectivity index (χ4v) is 2.65. The summed E-state index contributed by atoms with van der Waals surface area (Å²) in [5, 5.41) is 19.7. The van der Waals surface area contributed by atoms with Crippen LogP contribution in [0.15, 0.2) is 0 Å². The number of esters is 1. The summed E-state index contributed by atoms with van der Waals surface area (Å²) in [6.45, 7) is 2.09. The van der Waals surface area contributed by atoms with Gasteiger partial charge in [0.1, 0.15) is 6.10 Å². The summed E-state index contributed by atoms with van der Waals surface area (Å²) in [6.07, 6.45) is 8.87. The lowest BCUT2D eigenvalue weighted by atomic mass is 10.00. The molecular formula is C19H36O5. The lowest BCUT2D eigenvalue weighted by Gasteiger charge is -2.12. The van der Waals surface area contributed by atoms with Gasteiger partial charge in [-0.05, 0) is 25.7 Å². The van der Waals surface area contributed by atoms with Crippen LogP contribution in [0, 0.1) is 0 Å². The van der Waals surface area contributed by atoms with Gasteiger partial charge in [-0.3, -0.25) is 9.59 Å². The number of hydrogen-bond donors (Lipinski definition) is 2. The average Bonchev–Trinajstić information content (AvgIpc) is 2.58. The van der Waals surface area contributed by atoms with Gasteiger partial charge in [-0.15, -0.1) is 0 Å². The van der Waals surface area contributed by atoms with E-state index >= 15 is 0 Å². The zero-order valence-corrected chi connectivity index (χ0v) is 15.5. The molecule has 0 aliphatic heterocycles. The third-order valence-electron chi connectivity index (χ3n) is 4.32. The van der Waals surface area contributed by atoms with Crippen LogP contribution in [-0.4, -0.2) is 41.3 Å². The molecule has 5 heteroatoms. The highest BCUT2D eigenvalue weighted by atomic mass is 16.5. The Morgan fingerprint density at radius 3 is 2.12 bits per heavy atom. The van der Waals surface area contributed by atoms with Crippen molar-refractivity contribution in [3.8, 4) is 0 Å². The second-order valence-corrected chi connectivity index (χ2v) is 6.55. The Labute approximate surface area is 146 Å². The second-order valence-electron chi connectivity index (χ2n) is 6.55. The van der Waals surface area contributed by atoms with E-state index in [0.717, 1.165) is 51.4 Å². The van der Waals surface area contributed by atoms with E-state index < -0.39 is 12.2 Å². The summed E-state index contributed by atoms with van der Waals surface area (Å²) in [6, 6.07) is 0. The van der Waals surface area contributed by atoms with Gasteiger partial charge >= 0.3 is 5.97 Å². The maximum absolute atomic E-state index is 11.8. The molecule has 2 unspecified atom stereocenters. The molecule has 0 aliphatic carbocycles. The quantitative estimate of drug-likeness (QED) is 0.330. The molecule has 2 N–H and O–H groups in total. The van der Waals surface area contributed by atoms with Crippen molar-refractivity contribution in [3.63, 3.8) is 0 Å². The molecule has 24 heavy (non-hydrogen) atoms. The molecule has 0 saturated heterocycles. The first-order chi connectivity index (χ1) is 11.5. The highest BCUT2D eigenvalue weighted by Crippen LogP contribution is 2.13. The molecule has 0 fully saturated rings. The van der Waals surface area contributed by atoms with Crippen LogP contribution in [0.5, 0.6) is 0 Å². The van der Waals surface area contributed by atoms with Crippen molar-refractivity contribution in [3.05, 3.63) is 0 Å². The molecule has 0 heterocycles. The maximum atomic E-state index is 11.8. The minimum atomic E-state index is -0.862.